The lowest BCUT2D eigenvalue weighted by molar-refractivity contribution is 0.0160. The Morgan fingerprint density at radius 3 is 2.82 bits per heavy atom. The number of fused-ring (bicyclic) bond motifs is 1. The third-order valence-corrected chi connectivity index (χ3v) is 5.10. The van der Waals surface area contributed by atoms with E-state index in [9.17, 15) is 0 Å². The second-order valence-corrected chi connectivity index (χ2v) is 6.17. The van der Waals surface area contributed by atoms with Crippen molar-refractivity contribution in [2.24, 2.45) is 0 Å². The quantitative estimate of drug-likeness (QED) is 0.744. The van der Waals surface area contributed by atoms with E-state index in [2.05, 4.69) is 34.1 Å². The largest absolute Gasteiger partial charge is 0.377 e. The van der Waals surface area contributed by atoms with Gasteiger partial charge in [-0.15, -0.1) is 0 Å². The number of hydrogen-bond donors (Lipinski definition) is 0. The Morgan fingerprint density at radius 2 is 2.00 bits per heavy atom. The second-order valence-electron chi connectivity index (χ2n) is 5.19. The molecule has 1 aromatic carbocycles. The lowest BCUT2D eigenvalue weighted by Crippen LogP contribution is -2.23. The van der Waals surface area contributed by atoms with Gasteiger partial charge in [0, 0.05) is 6.61 Å². The predicted octanol–water partition coefficient (Wildman–Crippen LogP) is 4.18. The summed E-state index contributed by atoms with van der Waals surface area (Å²) in [6.45, 7) is 0.928. The Kier molecular flexibility index (Phi) is 3.53. The van der Waals surface area contributed by atoms with E-state index in [1.165, 1.54) is 44.1 Å². The SMILES string of the molecule is BrC(c1ccc2c(c1)CCC2)C1CCCCO1. The van der Waals surface area contributed by atoms with Gasteiger partial charge in [-0.1, -0.05) is 34.1 Å². The van der Waals surface area contributed by atoms with Crippen molar-refractivity contribution in [2.75, 3.05) is 6.61 Å². The van der Waals surface area contributed by atoms with Crippen LogP contribution in [-0.4, -0.2) is 12.7 Å². The van der Waals surface area contributed by atoms with Crippen LogP contribution in [0.25, 0.3) is 0 Å². The van der Waals surface area contributed by atoms with Gasteiger partial charge < -0.3 is 4.74 Å². The monoisotopic (exact) mass is 294 g/mol. The predicted molar refractivity (Wildman–Crippen MR) is 73.7 cm³/mol. The van der Waals surface area contributed by atoms with Crippen molar-refractivity contribution in [1.29, 1.82) is 0 Å². The number of aryl methyl sites for hydroxylation is 2. The lowest BCUT2D eigenvalue weighted by Gasteiger charge is -2.27. The zero-order chi connectivity index (χ0) is 11.7. The molecular formula is C15H19BrO. The summed E-state index contributed by atoms with van der Waals surface area (Å²) in [4.78, 5) is 0.369. The molecule has 0 N–H and O–H groups in total. The van der Waals surface area contributed by atoms with E-state index in [0.29, 0.717) is 10.9 Å². The van der Waals surface area contributed by atoms with E-state index >= 15 is 0 Å². The Balaban J connectivity index is 1.78. The van der Waals surface area contributed by atoms with Crippen LogP contribution in [0.3, 0.4) is 0 Å². The van der Waals surface area contributed by atoms with Crippen molar-refractivity contribution in [1.82, 2.24) is 0 Å². The van der Waals surface area contributed by atoms with Crippen LogP contribution in [0.15, 0.2) is 18.2 Å². The van der Waals surface area contributed by atoms with Gasteiger partial charge >= 0.3 is 0 Å². The van der Waals surface area contributed by atoms with Gasteiger partial charge in [-0.3, -0.25) is 0 Å². The van der Waals surface area contributed by atoms with Gasteiger partial charge in [0.2, 0.25) is 0 Å². The van der Waals surface area contributed by atoms with Gasteiger partial charge in [-0.05, 0) is 55.2 Å². The highest BCUT2D eigenvalue weighted by Crippen LogP contribution is 2.35. The van der Waals surface area contributed by atoms with Crippen molar-refractivity contribution in [2.45, 2.75) is 49.5 Å². The standard InChI is InChI=1S/C15H19BrO/c16-15(14-6-1-2-9-17-14)13-8-7-11-4-3-5-12(11)10-13/h7-8,10,14-15H,1-6,9H2. The molecule has 0 bridgehead atoms. The maximum absolute atomic E-state index is 5.87. The van der Waals surface area contributed by atoms with Crippen LogP contribution in [-0.2, 0) is 17.6 Å². The zero-order valence-electron chi connectivity index (χ0n) is 10.1. The molecule has 0 saturated carbocycles. The molecular weight excluding hydrogens is 276 g/mol. The molecule has 0 radical (unpaired) electrons. The minimum Gasteiger partial charge on any atom is -0.377 e. The Morgan fingerprint density at radius 1 is 1.12 bits per heavy atom. The molecule has 1 aromatic rings. The summed E-state index contributed by atoms with van der Waals surface area (Å²) >= 11 is 3.83. The lowest BCUT2D eigenvalue weighted by atomic mass is 9.98. The first kappa shape index (κ1) is 11.7. The molecule has 92 valence electrons. The molecule has 1 heterocycles. The summed E-state index contributed by atoms with van der Waals surface area (Å²) in [5, 5.41) is 0. The molecule has 0 aromatic heterocycles. The fourth-order valence-corrected chi connectivity index (χ4v) is 3.68. The molecule has 1 nitrogen and oxygen atoms in total. The fourth-order valence-electron chi connectivity index (χ4n) is 2.97. The molecule has 1 fully saturated rings. The molecule has 2 aliphatic rings. The number of rotatable bonds is 2. The summed E-state index contributed by atoms with van der Waals surface area (Å²) in [6, 6.07) is 6.98. The van der Waals surface area contributed by atoms with Crippen molar-refractivity contribution < 1.29 is 4.74 Å². The van der Waals surface area contributed by atoms with Gasteiger partial charge in [0.15, 0.2) is 0 Å². The molecule has 3 rings (SSSR count). The molecule has 2 atom stereocenters. The van der Waals surface area contributed by atoms with Gasteiger partial charge in [0.05, 0.1) is 10.9 Å². The van der Waals surface area contributed by atoms with Gasteiger partial charge in [0.1, 0.15) is 0 Å². The Bertz CT molecular complexity index is 396. The van der Waals surface area contributed by atoms with Gasteiger partial charge in [-0.2, -0.15) is 0 Å². The highest BCUT2D eigenvalue weighted by atomic mass is 79.9. The van der Waals surface area contributed by atoms with Crippen molar-refractivity contribution in [3.05, 3.63) is 34.9 Å². The van der Waals surface area contributed by atoms with E-state index in [1.54, 1.807) is 11.1 Å². The first-order valence-electron chi connectivity index (χ1n) is 6.72. The first-order chi connectivity index (χ1) is 8.34. The van der Waals surface area contributed by atoms with Crippen LogP contribution in [0.1, 0.15) is 47.2 Å². The summed E-state index contributed by atoms with van der Waals surface area (Å²) in [5.41, 5.74) is 4.51. The van der Waals surface area contributed by atoms with Gasteiger partial charge in [0.25, 0.3) is 0 Å². The number of benzene rings is 1. The maximum atomic E-state index is 5.87. The topological polar surface area (TPSA) is 9.23 Å². The fraction of sp³-hybridized carbons (Fsp3) is 0.600. The summed E-state index contributed by atoms with van der Waals surface area (Å²) in [7, 11) is 0. The molecule has 17 heavy (non-hydrogen) atoms. The number of halogens is 1. The number of ether oxygens (including phenoxy) is 1. The zero-order valence-corrected chi connectivity index (χ0v) is 11.7. The molecule has 0 spiro atoms. The summed E-state index contributed by atoms with van der Waals surface area (Å²) < 4.78 is 5.87. The minimum absolute atomic E-state index is 0.364. The number of hydrogen-bond acceptors (Lipinski definition) is 1. The van der Waals surface area contributed by atoms with Crippen molar-refractivity contribution in [3.63, 3.8) is 0 Å². The Hall–Kier alpha value is -0.340. The first-order valence-corrected chi connectivity index (χ1v) is 7.63. The average Bonchev–Trinajstić information content (AvgIpc) is 2.86. The third kappa shape index (κ3) is 2.43. The van der Waals surface area contributed by atoms with E-state index in [1.807, 2.05) is 0 Å². The van der Waals surface area contributed by atoms with Crippen LogP contribution in [0.5, 0.6) is 0 Å². The van der Waals surface area contributed by atoms with Crippen LogP contribution in [0.2, 0.25) is 0 Å². The molecule has 2 heteroatoms. The highest BCUT2D eigenvalue weighted by Gasteiger charge is 2.24. The van der Waals surface area contributed by atoms with Crippen LogP contribution < -0.4 is 0 Å². The molecule has 1 aliphatic heterocycles. The minimum atomic E-state index is 0.364. The average molecular weight is 295 g/mol. The maximum Gasteiger partial charge on any atom is 0.0740 e. The van der Waals surface area contributed by atoms with Crippen molar-refractivity contribution in [3.8, 4) is 0 Å². The summed E-state index contributed by atoms with van der Waals surface area (Å²) in [6.07, 6.45) is 7.93. The third-order valence-electron chi connectivity index (χ3n) is 3.98. The molecule has 1 saturated heterocycles. The van der Waals surface area contributed by atoms with E-state index in [-0.39, 0.29) is 0 Å². The molecule has 2 unspecified atom stereocenters. The van der Waals surface area contributed by atoms with Crippen LogP contribution >= 0.6 is 15.9 Å². The second kappa shape index (κ2) is 5.11. The molecule has 1 aliphatic carbocycles. The van der Waals surface area contributed by atoms with E-state index in [4.69, 9.17) is 4.74 Å². The number of alkyl halides is 1. The smallest absolute Gasteiger partial charge is 0.0740 e. The van der Waals surface area contributed by atoms with E-state index < -0.39 is 0 Å². The van der Waals surface area contributed by atoms with Crippen LogP contribution in [0.4, 0.5) is 0 Å². The molecule has 0 amide bonds. The summed E-state index contributed by atoms with van der Waals surface area (Å²) in [5.74, 6) is 0. The van der Waals surface area contributed by atoms with Gasteiger partial charge in [-0.25, -0.2) is 0 Å². The van der Waals surface area contributed by atoms with Crippen LogP contribution in [0, 0.1) is 0 Å². The highest BCUT2D eigenvalue weighted by molar-refractivity contribution is 9.09. The van der Waals surface area contributed by atoms with Crippen molar-refractivity contribution >= 4 is 15.9 Å². The van der Waals surface area contributed by atoms with E-state index in [0.717, 1.165) is 6.61 Å². The normalized spacial score (nSPS) is 25.6. The Labute approximate surface area is 112 Å².